The minimum Gasteiger partial charge on any atom is -0.342 e. The molecule has 1 amide bonds. The number of nitrogens with one attached hydrogen (secondary N) is 1. The van der Waals surface area contributed by atoms with Crippen molar-refractivity contribution in [1.82, 2.24) is 10.2 Å². The van der Waals surface area contributed by atoms with Gasteiger partial charge in [-0.05, 0) is 50.2 Å². The number of benzene rings is 1. The number of hydrogen-bond acceptors (Lipinski definition) is 3. The number of Topliss-reactive ketones (excluding diaryl/α,β-unsaturated/α-hetero) is 1. The highest BCUT2D eigenvalue weighted by molar-refractivity contribution is 6.30. The van der Waals surface area contributed by atoms with Crippen molar-refractivity contribution in [3.63, 3.8) is 0 Å². The van der Waals surface area contributed by atoms with E-state index in [1.165, 1.54) is 0 Å². The molecular weight excluding hydrogens is 288 g/mol. The lowest BCUT2D eigenvalue weighted by atomic mass is 10.1. The zero-order chi connectivity index (χ0) is 15.2. The predicted molar refractivity (Wildman–Crippen MR) is 83.6 cm³/mol. The Balaban J connectivity index is 1.79. The third kappa shape index (κ3) is 4.55. The summed E-state index contributed by atoms with van der Waals surface area (Å²) in [4.78, 5) is 26.0. The Hall–Kier alpha value is -1.39. The van der Waals surface area contributed by atoms with Crippen LogP contribution in [0.3, 0.4) is 0 Å². The highest BCUT2D eigenvalue weighted by Gasteiger charge is 2.25. The second-order valence-electron chi connectivity index (χ2n) is 5.48. The maximum Gasteiger partial charge on any atom is 0.223 e. The number of ketones is 1. The number of halogens is 1. The summed E-state index contributed by atoms with van der Waals surface area (Å²) in [6.07, 6.45) is 1.58. The maximum atomic E-state index is 12.1. The summed E-state index contributed by atoms with van der Waals surface area (Å²) in [5, 5.41) is 3.75. The van der Waals surface area contributed by atoms with Crippen LogP contribution in [0.4, 0.5) is 0 Å². The zero-order valence-electron chi connectivity index (χ0n) is 12.3. The summed E-state index contributed by atoms with van der Waals surface area (Å²) in [6.45, 7) is 2.54. The van der Waals surface area contributed by atoms with Gasteiger partial charge in [0.25, 0.3) is 0 Å². The van der Waals surface area contributed by atoms with Crippen LogP contribution in [0.25, 0.3) is 0 Å². The fourth-order valence-corrected chi connectivity index (χ4v) is 2.80. The summed E-state index contributed by atoms with van der Waals surface area (Å²) in [5.41, 5.74) is 0.613. The molecule has 1 aliphatic heterocycles. The van der Waals surface area contributed by atoms with Crippen molar-refractivity contribution in [1.29, 1.82) is 0 Å². The van der Waals surface area contributed by atoms with Gasteiger partial charge in [-0.15, -0.1) is 0 Å². The number of carbonyl (C=O) groups is 2. The number of likely N-dealkylation sites (tertiary alicyclic amines) is 1. The van der Waals surface area contributed by atoms with Gasteiger partial charge in [0.05, 0.1) is 0 Å². The summed E-state index contributed by atoms with van der Waals surface area (Å²) in [7, 11) is 1.93. The second-order valence-corrected chi connectivity index (χ2v) is 5.92. The van der Waals surface area contributed by atoms with E-state index in [0.717, 1.165) is 26.1 Å². The van der Waals surface area contributed by atoms with Crippen LogP contribution in [0.15, 0.2) is 24.3 Å². The molecule has 0 aliphatic carbocycles. The molecule has 1 aromatic rings. The number of hydrogen-bond donors (Lipinski definition) is 1. The van der Waals surface area contributed by atoms with Crippen LogP contribution < -0.4 is 5.32 Å². The van der Waals surface area contributed by atoms with Crippen LogP contribution in [-0.2, 0) is 4.79 Å². The lowest BCUT2D eigenvalue weighted by molar-refractivity contribution is -0.130. The number of amides is 1. The maximum absolute atomic E-state index is 12.1. The first kappa shape index (κ1) is 16.0. The highest BCUT2D eigenvalue weighted by atomic mass is 35.5. The Morgan fingerprint density at radius 1 is 1.29 bits per heavy atom. The molecule has 0 spiro atoms. The summed E-state index contributed by atoms with van der Waals surface area (Å²) in [6, 6.07) is 6.79. The van der Waals surface area contributed by atoms with Crippen LogP contribution in [0.5, 0.6) is 0 Å². The smallest absolute Gasteiger partial charge is 0.223 e. The van der Waals surface area contributed by atoms with Gasteiger partial charge in [0.1, 0.15) is 0 Å². The van der Waals surface area contributed by atoms with Crippen molar-refractivity contribution in [3.8, 4) is 0 Å². The molecule has 2 rings (SSSR count). The van der Waals surface area contributed by atoms with Crippen molar-refractivity contribution >= 4 is 23.3 Å². The molecule has 1 N–H and O–H groups in total. The van der Waals surface area contributed by atoms with E-state index in [1.54, 1.807) is 24.3 Å². The fraction of sp³-hybridized carbons (Fsp3) is 0.500. The summed E-state index contributed by atoms with van der Waals surface area (Å²) >= 11 is 5.79. The van der Waals surface area contributed by atoms with Crippen molar-refractivity contribution in [2.75, 3.05) is 26.7 Å². The summed E-state index contributed by atoms with van der Waals surface area (Å²) < 4.78 is 0. The molecule has 5 heteroatoms. The average Bonchev–Trinajstić information content (AvgIpc) is 2.94. The van der Waals surface area contributed by atoms with Gasteiger partial charge in [-0.1, -0.05) is 11.6 Å². The molecule has 1 fully saturated rings. The van der Waals surface area contributed by atoms with Crippen molar-refractivity contribution in [2.45, 2.75) is 19.3 Å². The van der Waals surface area contributed by atoms with E-state index in [0.29, 0.717) is 16.5 Å². The van der Waals surface area contributed by atoms with Crippen LogP contribution in [0.1, 0.15) is 29.6 Å². The molecule has 1 unspecified atom stereocenters. The predicted octanol–water partition coefficient (Wildman–Crippen LogP) is 2.37. The monoisotopic (exact) mass is 308 g/mol. The average molecular weight is 309 g/mol. The molecule has 21 heavy (non-hydrogen) atoms. The van der Waals surface area contributed by atoms with Crippen LogP contribution >= 0.6 is 11.6 Å². The third-order valence-corrected chi connectivity index (χ3v) is 4.12. The highest BCUT2D eigenvalue weighted by Crippen LogP contribution is 2.17. The first-order chi connectivity index (χ1) is 10.1. The lowest BCUT2D eigenvalue weighted by Crippen LogP contribution is -2.30. The topological polar surface area (TPSA) is 49.4 Å². The van der Waals surface area contributed by atoms with Gasteiger partial charge in [-0.3, -0.25) is 9.59 Å². The zero-order valence-corrected chi connectivity index (χ0v) is 13.0. The molecule has 0 radical (unpaired) electrons. The Morgan fingerprint density at radius 3 is 2.67 bits per heavy atom. The Kier molecular flexibility index (Phi) is 5.76. The van der Waals surface area contributed by atoms with Crippen molar-refractivity contribution in [3.05, 3.63) is 34.9 Å². The van der Waals surface area contributed by atoms with E-state index in [4.69, 9.17) is 11.6 Å². The first-order valence-electron chi connectivity index (χ1n) is 7.31. The molecule has 114 valence electrons. The Labute approximate surface area is 130 Å². The molecule has 1 saturated heterocycles. The second kappa shape index (κ2) is 7.57. The molecule has 4 nitrogen and oxygen atoms in total. The molecule has 0 saturated carbocycles. The molecule has 1 aliphatic rings. The van der Waals surface area contributed by atoms with Gasteiger partial charge in [-0.2, -0.15) is 0 Å². The number of nitrogens with zero attached hydrogens (tertiary/aromatic N) is 1. The molecular formula is C16H21ClN2O2. The van der Waals surface area contributed by atoms with Gasteiger partial charge >= 0.3 is 0 Å². The lowest BCUT2D eigenvalue weighted by Gasteiger charge is -2.16. The SMILES string of the molecule is CNCC1CCN(C(=O)CCC(=O)c2ccc(Cl)cc2)C1. The normalized spacial score (nSPS) is 18.0. The van der Waals surface area contributed by atoms with E-state index < -0.39 is 0 Å². The number of carbonyl (C=O) groups excluding carboxylic acids is 2. The van der Waals surface area contributed by atoms with E-state index in [-0.39, 0.29) is 24.5 Å². The van der Waals surface area contributed by atoms with E-state index in [1.807, 2.05) is 11.9 Å². The minimum atomic E-state index is -0.00834. The van der Waals surface area contributed by atoms with Crippen LogP contribution in [0.2, 0.25) is 5.02 Å². The molecule has 0 aromatic heterocycles. The van der Waals surface area contributed by atoms with Gasteiger partial charge in [0.15, 0.2) is 5.78 Å². The fourth-order valence-electron chi connectivity index (χ4n) is 2.67. The Morgan fingerprint density at radius 2 is 2.00 bits per heavy atom. The van der Waals surface area contributed by atoms with Gasteiger partial charge in [0.2, 0.25) is 5.91 Å². The quantitative estimate of drug-likeness (QED) is 0.821. The van der Waals surface area contributed by atoms with Crippen LogP contribution in [-0.4, -0.2) is 43.3 Å². The molecule has 1 atom stereocenters. The standard InChI is InChI=1S/C16H21ClN2O2/c1-18-10-12-8-9-19(11-12)16(21)7-6-15(20)13-2-4-14(17)5-3-13/h2-5,12,18H,6-11H2,1H3. The molecule has 1 aromatic carbocycles. The minimum absolute atomic E-state index is 0.00834. The van der Waals surface area contributed by atoms with E-state index in [9.17, 15) is 9.59 Å². The molecule has 0 bridgehead atoms. The largest absolute Gasteiger partial charge is 0.342 e. The van der Waals surface area contributed by atoms with Crippen molar-refractivity contribution in [2.24, 2.45) is 5.92 Å². The molecule has 1 heterocycles. The summed E-state index contributed by atoms with van der Waals surface area (Å²) in [5.74, 6) is 0.604. The van der Waals surface area contributed by atoms with Gasteiger partial charge < -0.3 is 10.2 Å². The van der Waals surface area contributed by atoms with E-state index >= 15 is 0 Å². The van der Waals surface area contributed by atoms with Crippen LogP contribution in [0, 0.1) is 5.92 Å². The third-order valence-electron chi connectivity index (χ3n) is 3.86. The van der Waals surface area contributed by atoms with Gasteiger partial charge in [-0.25, -0.2) is 0 Å². The Bertz CT molecular complexity index is 502. The van der Waals surface area contributed by atoms with Gasteiger partial charge in [0, 0.05) is 36.5 Å². The first-order valence-corrected chi connectivity index (χ1v) is 7.69. The van der Waals surface area contributed by atoms with Crippen molar-refractivity contribution < 1.29 is 9.59 Å². The van der Waals surface area contributed by atoms with E-state index in [2.05, 4.69) is 5.32 Å². The number of rotatable bonds is 6.